The van der Waals surface area contributed by atoms with Gasteiger partial charge in [0.05, 0.1) is 0 Å². The first-order chi connectivity index (χ1) is 11.7. The summed E-state index contributed by atoms with van der Waals surface area (Å²) in [5.41, 5.74) is 8.46. The van der Waals surface area contributed by atoms with Gasteiger partial charge in [0.1, 0.15) is 12.0 Å². The third kappa shape index (κ3) is 2.91. The molecule has 1 amide bonds. The van der Waals surface area contributed by atoms with Crippen molar-refractivity contribution in [2.24, 2.45) is 5.73 Å². The number of fused-ring (bicyclic) bond motifs is 1. The van der Waals surface area contributed by atoms with Crippen LogP contribution in [0, 0.1) is 0 Å². The van der Waals surface area contributed by atoms with Crippen molar-refractivity contribution in [2.45, 2.75) is 57.0 Å². The monoisotopic (exact) mass is 326 g/mol. The van der Waals surface area contributed by atoms with Crippen LogP contribution in [0.3, 0.4) is 0 Å². The molecule has 4 rings (SSSR count). The van der Waals surface area contributed by atoms with E-state index in [2.05, 4.69) is 20.3 Å². The first kappa shape index (κ1) is 15.3. The molecule has 0 bridgehead atoms. The van der Waals surface area contributed by atoms with E-state index < -0.39 is 0 Å². The number of hydrogen-bond donors (Lipinski definition) is 2. The number of carbonyl (C=O) groups excluding carboxylic acids is 1. The van der Waals surface area contributed by atoms with E-state index in [0.29, 0.717) is 11.6 Å². The average molecular weight is 326 g/mol. The number of aryl methyl sites for hydroxylation is 1. The van der Waals surface area contributed by atoms with E-state index in [1.807, 2.05) is 0 Å². The molecule has 0 unspecified atom stereocenters. The van der Waals surface area contributed by atoms with Crippen LogP contribution in [0.15, 0.2) is 18.7 Å². The minimum atomic E-state index is -0.0858. The maximum atomic E-state index is 12.8. The smallest absolute Gasteiger partial charge is 0.270 e. The fourth-order valence-corrected chi connectivity index (χ4v) is 3.62. The topological polar surface area (TPSA) is 98.7 Å². The molecule has 7 heteroatoms. The Kier molecular flexibility index (Phi) is 4.02. The highest BCUT2D eigenvalue weighted by Gasteiger charge is 2.26. The van der Waals surface area contributed by atoms with Gasteiger partial charge in [-0.1, -0.05) is 0 Å². The molecule has 1 fully saturated rings. The van der Waals surface area contributed by atoms with E-state index in [4.69, 9.17) is 5.73 Å². The second kappa shape index (κ2) is 6.32. The highest BCUT2D eigenvalue weighted by Crippen LogP contribution is 2.24. The van der Waals surface area contributed by atoms with Crippen LogP contribution in [-0.4, -0.2) is 37.5 Å². The normalized spacial score (nSPS) is 23.0. The first-order valence-corrected chi connectivity index (χ1v) is 8.65. The van der Waals surface area contributed by atoms with Gasteiger partial charge in [-0.3, -0.25) is 9.36 Å². The number of imidazole rings is 1. The number of amides is 1. The zero-order valence-electron chi connectivity index (χ0n) is 13.6. The molecule has 3 N–H and O–H groups in total. The van der Waals surface area contributed by atoms with Gasteiger partial charge >= 0.3 is 0 Å². The van der Waals surface area contributed by atoms with Crippen molar-refractivity contribution in [3.05, 3.63) is 35.7 Å². The zero-order valence-corrected chi connectivity index (χ0v) is 13.6. The minimum Gasteiger partial charge on any atom is -0.348 e. The molecule has 2 aliphatic rings. The molecule has 126 valence electrons. The Bertz CT molecular complexity index is 734. The van der Waals surface area contributed by atoms with Gasteiger partial charge in [0.2, 0.25) is 5.95 Å². The standard InChI is InChI=1S/C17H22N6O/c18-11-4-6-12(7-5-11)20-16(24)15-13-2-1-3-14(13)21-17(22-15)23-9-8-19-10-23/h8-12H,1-7,18H2,(H,20,24)/t11-,12-. The molecule has 7 nitrogen and oxygen atoms in total. The van der Waals surface area contributed by atoms with Gasteiger partial charge in [0, 0.05) is 35.7 Å². The van der Waals surface area contributed by atoms with E-state index in [-0.39, 0.29) is 18.0 Å². The van der Waals surface area contributed by atoms with Gasteiger partial charge in [-0.25, -0.2) is 15.0 Å². The lowest BCUT2D eigenvalue weighted by Gasteiger charge is -2.26. The Morgan fingerprint density at radius 1 is 1.21 bits per heavy atom. The minimum absolute atomic E-state index is 0.0858. The van der Waals surface area contributed by atoms with Crippen LogP contribution in [0.5, 0.6) is 0 Å². The van der Waals surface area contributed by atoms with Crippen molar-refractivity contribution in [1.82, 2.24) is 24.8 Å². The molecule has 0 aromatic carbocycles. The second-order valence-electron chi connectivity index (χ2n) is 6.71. The van der Waals surface area contributed by atoms with Gasteiger partial charge in [-0.15, -0.1) is 0 Å². The molecule has 24 heavy (non-hydrogen) atoms. The van der Waals surface area contributed by atoms with Crippen LogP contribution >= 0.6 is 0 Å². The SMILES string of the molecule is N[C@H]1CC[C@H](NC(=O)c2nc(-n3ccnc3)nc3c2CCC3)CC1. The molecule has 2 aromatic rings. The Balaban J connectivity index is 1.60. The van der Waals surface area contributed by atoms with E-state index in [0.717, 1.165) is 56.2 Å². The Morgan fingerprint density at radius 2 is 2.04 bits per heavy atom. The molecule has 0 aliphatic heterocycles. The summed E-state index contributed by atoms with van der Waals surface area (Å²) in [6.07, 6.45) is 11.7. The van der Waals surface area contributed by atoms with Crippen LogP contribution < -0.4 is 11.1 Å². The summed E-state index contributed by atoms with van der Waals surface area (Å²) < 4.78 is 1.75. The van der Waals surface area contributed by atoms with Crippen LogP contribution in [0.2, 0.25) is 0 Å². The lowest BCUT2D eigenvalue weighted by Crippen LogP contribution is -2.41. The Morgan fingerprint density at radius 3 is 2.79 bits per heavy atom. The summed E-state index contributed by atoms with van der Waals surface area (Å²) >= 11 is 0. The zero-order chi connectivity index (χ0) is 16.5. The van der Waals surface area contributed by atoms with Gasteiger partial charge in [-0.05, 0) is 44.9 Å². The molecule has 0 spiro atoms. The summed E-state index contributed by atoms with van der Waals surface area (Å²) in [6.45, 7) is 0. The molecule has 2 aliphatic carbocycles. The molecule has 2 aromatic heterocycles. The predicted octanol–water partition coefficient (Wildman–Crippen LogP) is 1.15. The van der Waals surface area contributed by atoms with Crippen molar-refractivity contribution >= 4 is 5.91 Å². The van der Waals surface area contributed by atoms with Crippen LogP contribution in [0.4, 0.5) is 0 Å². The van der Waals surface area contributed by atoms with E-state index in [1.165, 1.54) is 0 Å². The highest BCUT2D eigenvalue weighted by molar-refractivity contribution is 5.94. The molecule has 1 saturated carbocycles. The van der Waals surface area contributed by atoms with Crippen molar-refractivity contribution in [3.63, 3.8) is 0 Å². The lowest BCUT2D eigenvalue weighted by molar-refractivity contribution is 0.0919. The van der Waals surface area contributed by atoms with E-state index in [1.54, 1.807) is 23.3 Å². The fraction of sp³-hybridized carbons (Fsp3) is 0.529. The molecular weight excluding hydrogens is 304 g/mol. The molecular formula is C17H22N6O. The van der Waals surface area contributed by atoms with Crippen molar-refractivity contribution < 1.29 is 4.79 Å². The van der Waals surface area contributed by atoms with Crippen molar-refractivity contribution in [3.8, 4) is 5.95 Å². The van der Waals surface area contributed by atoms with E-state index in [9.17, 15) is 4.79 Å². The number of carbonyl (C=O) groups is 1. The summed E-state index contributed by atoms with van der Waals surface area (Å²) in [5.74, 6) is 0.432. The fourth-order valence-electron chi connectivity index (χ4n) is 3.62. The van der Waals surface area contributed by atoms with Gasteiger partial charge in [0.25, 0.3) is 5.91 Å². The highest BCUT2D eigenvalue weighted by atomic mass is 16.2. The summed E-state index contributed by atoms with van der Waals surface area (Å²) in [7, 11) is 0. The van der Waals surface area contributed by atoms with E-state index >= 15 is 0 Å². The summed E-state index contributed by atoms with van der Waals surface area (Å²) in [6, 6.07) is 0.468. The van der Waals surface area contributed by atoms with Crippen LogP contribution in [-0.2, 0) is 12.8 Å². The third-order valence-corrected chi connectivity index (χ3v) is 4.98. The molecule has 2 heterocycles. The van der Waals surface area contributed by atoms with Gasteiger partial charge in [0.15, 0.2) is 0 Å². The average Bonchev–Trinajstić information content (AvgIpc) is 3.27. The van der Waals surface area contributed by atoms with Crippen LogP contribution in [0.1, 0.15) is 53.8 Å². The Labute approximate surface area is 140 Å². The number of aromatic nitrogens is 4. The maximum Gasteiger partial charge on any atom is 0.270 e. The van der Waals surface area contributed by atoms with Crippen LogP contribution in [0.25, 0.3) is 5.95 Å². The van der Waals surface area contributed by atoms with Crippen molar-refractivity contribution in [2.75, 3.05) is 0 Å². The third-order valence-electron chi connectivity index (χ3n) is 4.98. The number of nitrogens with one attached hydrogen (secondary N) is 1. The second-order valence-corrected chi connectivity index (χ2v) is 6.71. The lowest BCUT2D eigenvalue weighted by atomic mass is 9.91. The summed E-state index contributed by atoms with van der Waals surface area (Å²) in [5, 5.41) is 3.15. The number of rotatable bonds is 3. The van der Waals surface area contributed by atoms with Gasteiger partial charge < -0.3 is 11.1 Å². The quantitative estimate of drug-likeness (QED) is 0.881. The maximum absolute atomic E-state index is 12.8. The molecule has 0 saturated heterocycles. The largest absolute Gasteiger partial charge is 0.348 e. The summed E-state index contributed by atoms with van der Waals surface area (Å²) in [4.78, 5) is 26.0. The van der Waals surface area contributed by atoms with Crippen molar-refractivity contribution in [1.29, 1.82) is 0 Å². The number of nitrogens with two attached hydrogens (primary N) is 1. The molecule has 0 radical (unpaired) electrons. The number of nitrogens with zero attached hydrogens (tertiary/aromatic N) is 4. The first-order valence-electron chi connectivity index (χ1n) is 8.65. The predicted molar refractivity (Wildman–Crippen MR) is 88.9 cm³/mol. The van der Waals surface area contributed by atoms with Gasteiger partial charge in [-0.2, -0.15) is 0 Å². The molecule has 0 atom stereocenters. The Hall–Kier alpha value is -2.28. The number of hydrogen-bond acceptors (Lipinski definition) is 5.